The van der Waals surface area contributed by atoms with Gasteiger partial charge in [-0.3, -0.25) is 4.99 Å². The lowest BCUT2D eigenvalue weighted by Crippen LogP contribution is -2.16. The molecule has 0 fully saturated rings. The summed E-state index contributed by atoms with van der Waals surface area (Å²) in [6.45, 7) is 6.10. The molecule has 6 heteroatoms. The van der Waals surface area contributed by atoms with Crippen LogP contribution >= 0.6 is 22.7 Å². The van der Waals surface area contributed by atoms with Crippen LogP contribution in [-0.4, -0.2) is 16.4 Å². The molecule has 0 atom stereocenters. The summed E-state index contributed by atoms with van der Waals surface area (Å²) in [7, 11) is 0. The average Bonchev–Trinajstić information content (AvgIpc) is 3.25. The highest BCUT2D eigenvalue weighted by Crippen LogP contribution is 2.25. The fourth-order valence-corrected chi connectivity index (χ4v) is 4.05. The fraction of sp³-hybridized carbons (Fsp3) is 0.211. The Morgan fingerprint density at radius 3 is 2.52 bits per heavy atom. The van der Waals surface area contributed by atoms with Gasteiger partial charge < -0.3 is 0 Å². The Balaban J connectivity index is 2.11. The van der Waals surface area contributed by atoms with E-state index in [0.717, 1.165) is 26.6 Å². The average molecular weight is 367 g/mol. The first kappa shape index (κ1) is 17.3. The molecular formula is C19H18N4S2. The third-order valence-corrected chi connectivity index (χ3v) is 5.23. The molecule has 0 aliphatic rings. The Hall–Kier alpha value is -2.49. The summed E-state index contributed by atoms with van der Waals surface area (Å²) in [4.78, 5) is 6.75. The van der Waals surface area contributed by atoms with E-state index in [9.17, 15) is 0 Å². The Bertz CT molecular complexity index is 981. The first-order valence-corrected chi connectivity index (χ1v) is 9.69. The van der Waals surface area contributed by atoms with Crippen molar-refractivity contribution in [3.8, 4) is 16.6 Å². The van der Waals surface area contributed by atoms with Gasteiger partial charge >= 0.3 is 0 Å². The van der Waals surface area contributed by atoms with Gasteiger partial charge in [0.15, 0.2) is 0 Å². The number of benzene rings is 1. The molecule has 0 aliphatic heterocycles. The van der Waals surface area contributed by atoms with Gasteiger partial charge in [0.2, 0.25) is 4.80 Å². The zero-order valence-corrected chi connectivity index (χ0v) is 15.9. The minimum atomic E-state index is 0.200. The van der Waals surface area contributed by atoms with Gasteiger partial charge in [-0.05, 0) is 49.9 Å². The number of thiazole rings is 1. The normalized spacial score (nSPS) is 12.6. The molecule has 0 bridgehead atoms. The quantitative estimate of drug-likeness (QED) is 0.616. The van der Waals surface area contributed by atoms with E-state index in [1.807, 2.05) is 41.9 Å². The molecule has 0 unspecified atom stereocenters. The van der Waals surface area contributed by atoms with Crippen LogP contribution in [0.3, 0.4) is 0 Å². The van der Waals surface area contributed by atoms with Crippen LogP contribution in [0, 0.1) is 11.3 Å². The van der Waals surface area contributed by atoms with E-state index in [-0.39, 0.29) is 6.04 Å². The predicted molar refractivity (Wildman–Crippen MR) is 105 cm³/mol. The fourth-order valence-electron chi connectivity index (χ4n) is 2.29. The Kier molecular flexibility index (Phi) is 5.27. The molecule has 0 aliphatic carbocycles. The highest BCUT2D eigenvalue weighted by Gasteiger charge is 2.10. The summed E-state index contributed by atoms with van der Waals surface area (Å²) < 4.78 is 1.92. The third kappa shape index (κ3) is 3.95. The van der Waals surface area contributed by atoms with E-state index in [1.165, 1.54) is 0 Å². The molecule has 3 aromatic rings. The molecule has 126 valence electrons. The SMILES string of the molecule is CC(=Nn1c(-c2cccs2)csc1=NC(C)C)c1ccc(C#N)cc1. The summed E-state index contributed by atoms with van der Waals surface area (Å²) in [6.07, 6.45) is 0. The first-order valence-electron chi connectivity index (χ1n) is 7.93. The van der Waals surface area contributed by atoms with Crippen molar-refractivity contribution in [2.45, 2.75) is 26.8 Å². The van der Waals surface area contributed by atoms with Crippen molar-refractivity contribution >= 4 is 28.4 Å². The molecule has 0 radical (unpaired) electrons. The summed E-state index contributed by atoms with van der Waals surface area (Å²) >= 11 is 3.29. The van der Waals surface area contributed by atoms with Crippen LogP contribution in [-0.2, 0) is 0 Å². The molecule has 0 spiro atoms. The predicted octanol–water partition coefficient (Wildman–Crippen LogP) is 4.73. The number of hydrogen-bond acceptors (Lipinski definition) is 5. The van der Waals surface area contributed by atoms with E-state index in [0.29, 0.717) is 5.56 Å². The molecule has 25 heavy (non-hydrogen) atoms. The second kappa shape index (κ2) is 7.60. The van der Waals surface area contributed by atoms with E-state index in [2.05, 4.69) is 36.7 Å². The maximum absolute atomic E-state index is 8.94. The van der Waals surface area contributed by atoms with Gasteiger partial charge in [-0.15, -0.1) is 22.7 Å². The highest BCUT2D eigenvalue weighted by molar-refractivity contribution is 7.14. The van der Waals surface area contributed by atoms with Gasteiger partial charge in [0.25, 0.3) is 0 Å². The van der Waals surface area contributed by atoms with Gasteiger partial charge in [0.1, 0.15) is 0 Å². The van der Waals surface area contributed by atoms with Crippen LogP contribution < -0.4 is 4.80 Å². The lowest BCUT2D eigenvalue weighted by molar-refractivity contribution is 0.753. The standard InChI is InChI=1S/C19H18N4S2/c1-13(2)21-19-23(17(12-25-19)18-5-4-10-24-18)22-14(3)16-8-6-15(11-20)7-9-16/h4-10,12-13H,1-3H3. The van der Waals surface area contributed by atoms with Crippen molar-refractivity contribution in [1.82, 2.24) is 4.68 Å². The van der Waals surface area contributed by atoms with Crippen LogP contribution in [0.25, 0.3) is 10.6 Å². The van der Waals surface area contributed by atoms with Gasteiger partial charge in [0, 0.05) is 11.4 Å². The molecular weight excluding hydrogens is 348 g/mol. The van der Waals surface area contributed by atoms with E-state index in [4.69, 9.17) is 15.4 Å². The number of aromatic nitrogens is 1. The summed E-state index contributed by atoms with van der Waals surface area (Å²) in [5.74, 6) is 0. The van der Waals surface area contributed by atoms with Crippen LogP contribution in [0.5, 0.6) is 0 Å². The molecule has 0 saturated carbocycles. The zero-order chi connectivity index (χ0) is 17.8. The molecule has 0 N–H and O–H groups in total. The second-order valence-electron chi connectivity index (χ2n) is 5.79. The number of thiophene rings is 1. The number of nitriles is 1. The Morgan fingerprint density at radius 2 is 1.92 bits per heavy atom. The minimum Gasteiger partial charge on any atom is -0.255 e. The lowest BCUT2D eigenvalue weighted by Gasteiger charge is -2.05. The van der Waals surface area contributed by atoms with Gasteiger partial charge in [-0.25, -0.2) is 4.68 Å². The summed E-state index contributed by atoms with van der Waals surface area (Å²) in [5, 5.41) is 17.9. The van der Waals surface area contributed by atoms with Crippen LogP contribution in [0.4, 0.5) is 0 Å². The molecule has 0 saturated heterocycles. The first-order chi connectivity index (χ1) is 12.1. The molecule has 2 heterocycles. The number of hydrogen-bond donors (Lipinski definition) is 0. The maximum atomic E-state index is 8.94. The molecule has 2 aromatic heterocycles. The number of nitrogens with zero attached hydrogens (tertiary/aromatic N) is 4. The number of rotatable bonds is 4. The van der Waals surface area contributed by atoms with Gasteiger partial charge in [-0.1, -0.05) is 18.2 Å². The van der Waals surface area contributed by atoms with Crippen molar-refractivity contribution in [3.05, 3.63) is 63.1 Å². The third-order valence-electron chi connectivity index (χ3n) is 3.51. The van der Waals surface area contributed by atoms with Crippen molar-refractivity contribution in [1.29, 1.82) is 5.26 Å². The van der Waals surface area contributed by atoms with Gasteiger partial charge in [0.05, 0.1) is 27.9 Å². The lowest BCUT2D eigenvalue weighted by atomic mass is 10.1. The van der Waals surface area contributed by atoms with E-state index < -0.39 is 0 Å². The maximum Gasteiger partial charge on any atom is 0.206 e. The van der Waals surface area contributed by atoms with Crippen LogP contribution in [0.15, 0.2) is 57.3 Å². The topological polar surface area (TPSA) is 53.4 Å². The molecule has 4 nitrogen and oxygen atoms in total. The Labute approximate surface area is 155 Å². The Morgan fingerprint density at radius 1 is 1.16 bits per heavy atom. The molecule has 1 aromatic carbocycles. The van der Waals surface area contributed by atoms with Gasteiger partial charge in [-0.2, -0.15) is 10.4 Å². The van der Waals surface area contributed by atoms with Crippen LogP contribution in [0.2, 0.25) is 0 Å². The molecule has 3 rings (SSSR count). The van der Waals surface area contributed by atoms with Crippen LogP contribution in [0.1, 0.15) is 31.9 Å². The van der Waals surface area contributed by atoms with Crippen molar-refractivity contribution in [2.24, 2.45) is 10.1 Å². The minimum absolute atomic E-state index is 0.200. The second-order valence-corrected chi connectivity index (χ2v) is 7.57. The van der Waals surface area contributed by atoms with E-state index in [1.54, 1.807) is 22.7 Å². The summed E-state index contributed by atoms with van der Waals surface area (Å²) in [6, 6.07) is 13.9. The molecule has 0 amide bonds. The zero-order valence-electron chi connectivity index (χ0n) is 14.3. The monoisotopic (exact) mass is 366 g/mol. The smallest absolute Gasteiger partial charge is 0.206 e. The van der Waals surface area contributed by atoms with Crippen molar-refractivity contribution in [3.63, 3.8) is 0 Å². The van der Waals surface area contributed by atoms with Crippen molar-refractivity contribution < 1.29 is 0 Å². The largest absolute Gasteiger partial charge is 0.255 e. The highest BCUT2D eigenvalue weighted by atomic mass is 32.1. The van der Waals surface area contributed by atoms with Crippen molar-refractivity contribution in [2.75, 3.05) is 0 Å². The summed E-state index contributed by atoms with van der Waals surface area (Å²) in [5.41, 5.74) is 3.57. The van der Waals surface area contributed by atoms with E-state index >= 15 is 0 Å².